The summed E-state index contributed by atoms with van der Waals surface area (Å²) in [7, 11) is 2.17. The number of aromatic nitrogens is 6. The van der Waals surface area contributed by atoms with Crippen molar-refractivity contribution in [3.8, 4) is 5.82 Å². The van der Waals surface area contributed by atoms with Gasteiger partial charge in [-0.15, -0.1) is 0 Å². The van der Waals surface area contributed by atoms with Gasteiger partial charge in [-0.2, -0.15) is 0 Å². The van der Waals surface area contributed by atoms with Crippen LogP contribution in [-0.2, 0) is 6.54 Å². The molecule has 0 saturated carbocycles. The van der Waals surface area contributed by atoms with Crippen LogP contribution in [0.25, 0.3) is 27.9 Å². The number of hydrogen-bond acceptors (Lipinski definition) is 6. The average molecular weight is 453 g/mol. The molecule has 0 amide bonds. The summed E-state index contributed by atoms with van der Waals surface area (Å²) in [5.41, 5.74) is 3.02. The first-order valence-corrected chi connectivity index (χ1v) is 11.8. The number of piperidine rings is 1. The first kappa shape index (κ1) is 20.8. The van der Waals surface area contributed by atoms with Gasteiger partial charge in [0, 0.05) is 38.6 Å². The number of likely N-dealkylation sites (N-methyl/N-ethyl adjacent to an activating group) is 1. The van der Waals surface area contributed by atoms with E-state index in [0.29, 0.717) is 12.0 Å². The molecule has 8 heteroatoms. The SMILES string of the molecule is C[C@@H]1CCN(Cc2ccccc2)C[C@@H]1N(C)c1ncnc2c1ccn2-c1ncnc2[nH]ccc12. The molecule has 34 heavy (non-hydrogen) atoms. The second-order valence-electron chi connectivity index (χ2n) is 9.22. The van der Waals surface area contributed by atoms with E-state index in [1.165, 1.54) is 12.0 Å². The number of hydrogen-bond donors (Lipinski definition) is 1. The van der Waals surface area contributed by atoms with Crippen LogP contribution < -0.4 is 4.90 Å². The van der Waals surface area contributed by atoms with Crippen molar-refractivity contribution in [2.75, 3.05) is 25.0 Å². The Bertz CT molecular complexity index is 1420. The van der Waals surface area contributed by atoms with Crippen molar-refractivity contribution in [3.05, 3.63) is 73.1 Å². The van der Waals surface area contributed by atoms with E-state index >= 15 is 0 Å². The minimum absolute atomic E-state index is 0.370. The Balaban J connectivity index is 1.32. The lowest BCUT2D eigenvalue weighted by molar-refractivity contribution is 0.159. The first-order valence-electron chi connectivity index (χ1n) is 11.8. The summed E-state index contributed by atoms with van der Waals surface area (Å²) in [6.45, 7) is 5.47. The molecule has 8 nitrogen and oxygen atoms in total. The maximum atomic E-state index is 4.73. The summed E-state index contributed by atoms with van der Waals surface area (Å²) in [6, 6.07) is 15.2. The molecule has 0 unspecified atom stereocenters. The fourth-order valence-corrected chi connectivity index (χ4v) is 5.20. The van der Waals surface area contributed by atoms with Crippen LogP contribution in [0.15, 0.2) is 67.5 Å². The second-order valence-corrected chi connectivity index (χ2v) is 9.22. The Kier molecular flexibility index (Phi) is 5.22. The minimum atomic E-state index is 0.370. The zero-order valence-electron chi connectivity index (χ0n) is 19.5. The van der Waals surface area contributed by atoms with Crippen LogP contribution in [0.3, 0.4) is 0 Å². The summed E-state index contributed by atoms with van der Waals surface area (Å²) in [4.78, 5) is 26.3. The lowest BCUT2D eigenvalue weighted by Crippen LogP contribution is -2.50. The molecule has 0 aliphatic carbocycles. The van der Waals surface area contributed by atoms with Gasteiger partial charge in [0.1, 0.15) is 24.1 Å². The Morgan fingerprint density at radius 2 is 1.85 bits per heavy atom. The topological polar surface area (TPSA) is 78.8 Å². The van der Waals surface area contributed by atoms with E-state index < -0.39 is 0 Å². The molecule has 5 heterocycles. The zero-order chi connectivity index (χ0) is 23.1. The number of rotatable bonds is 5. The molecule has 1 aliphatic heterocycles. The van der Waals surface area contributed by atoms with Gasteiger partial charge in [-0.3, -0.25) is 9.47 Å². The van der Waals surface area contributed by atoms with E-state index in [-0.39, 0.29) is 0 Å². The van der Waals surface area contributed by atoms with E-state index in [9.17, 15) is 0 Å². The number of fused-ring (bicyclic) bond motifs is 2. The zero-order valence-corrected chi connectivity index (χ0v) is 19.5. The molecule has 2 atom stereocenters. The number of benzene rings is 1. The molecule has 1 N–H and O–H groups in total. The highest BCUT2D eigenvalue weighted by Gasteiger charge is 2.31. The lowest BCUT2D eigenvalue weighted by atomic mass is 9.92. The van der Waals surface area contributed by atoms with Crippen LogP contribution in [0.2, 0.25) is 0 Å². The maximum Gasteiger partial charge on any atom is 0.151 e. The Hall–Kier alpha value is -3.78. The molecule has 0 spiro atoms. The Morgan fingerprint density at radius 1 is 1.00 bits per heavy atom. The van der Waals surface area contributed by atoms with Gasteiger partial charge in [0.05, 0.1) is 10.8 Å². The average Bonchev–Trinajstić information content (AvgIpc) is 3.52. The molecule has 0 radical (unpaired) electrons. The van der Waals surface area contributed by atoms with E-state index in [0.717, 1.165) is 53.3 Å². The molecule has 0 bridgehead atoms. The Labute approximate surface area is 198 Å². The highest BCUT2D eigenvalue weighted by atomic mass is 15.3. The monoisotopic (exact) mass is 452 g/mol. The number of H-pyrrole nitrogens is 1. The van der Waals surface area contributed by atoms with Gasteiger partial charge in [-0.25, -0.2) is 19.9 Å². The molecule has 6 rings (SSSR count). The number of nitrogens with zero attached hydrogens (tertiary/aromatic N) is 7. The first-order chi connectivity index (χ1) is 16.7. The minimum Gasteiger partial charge on any atom is -0.354 e. The molecule has 1 saturated heterocycles. The van der Waals surface area contributed by atoms with Gasteiger partial charge < -0.3 is 9.88 Å². The normalized spacial score (nSPS) is 19.1. The molecule has 1 fully saturated rings. The molecular weight excluding hydrogens is 424 g/mol. The summed E-state index contributed by atoms with van der Waals surface area (Å²) in [5, 5.41) is 1.99. The third-order valence-corrected chi connectivity index (χ3v) is 7.10. The van der Waals surface area contributed by atoms with E-state index in [2.05, 4.69) is 80.1 Å². The lowest BCUT2D eigenvalue weighted by Gasteiger charge is -2.42. The Morgan fingerprint density at radius 3 is 2.74 bits per heavy atom. The summed E-state index contributed by atoms with van der Waals surface area (Å²) in [6.07, 6.45) is 8.32. The quantitative estimate of drug-likeness (QED) is 0.434. The fraction of sp³-hybridized carbons (Fsp3) is 0.308. The van der Waals surface area contributed by atoms with Crippen molar-refractivity contribution in [1.82, 2.24) is 34.4 Å². The third-order valence-electron chi connectivity index (χ3n) is 7.10. The van der Waals surface area contributed by atoms with Gasteiger partial charge in [0.15, 0.2) is 11.5 Å². The van der Waals surface area contributed by atoms with Crippen LogP contribution >= 0.6 is 0 Å². The predicted octanol–water partition coefficient (Wildman–Crippen LogP) is 4.04. The molecule has 172 valence electrons. The van der Waals surface area contributed by atoms with E-state index in [4.69, 9.17) is 4.98 Å². The molecule has 1 aliphatic rings. The molecule has 1 aromatic carbocycles. The predicted molar refractivity (Wildman–Crippen MR) is 134 cm³/mol. The van der Waals surface area contributed by atoms with Gasteiger partial charge in [-0.05, 0) is 36.6 Å². The van der Waals surface area contributed by atoms with Crippen molar-refractivity contribution in [1.29, 1.82) is 0 Å². The van der Waals surface area contributed by atoms with Crippen LogP contribution in [0.4, 0.5) is 5.82 Å². The van der Waals surface area contributed by atoms with E-state index in [1.54, 1.807) is 12.7 Å². The van der Waals surface area contributed by atoms with Crippen molar-refractivity contribution in [3.63, 3.8) is 0 Å². The number of nitrogens with one attached hydrogen (secondary N) is 1. The van der Waals surface area contributed by atoms with Gasteiger partial charge >= 0.3 is 0 Å². The summed E-state index contributed by atoms with van der Waals surface area (Å²) in [5.74, 6) is 2.35. The third kappa shape index (κ3) is 3.60. The molecular formula is C26H28N8. The standard InChI is InChI=1S/C26H28N8/c1-18-9-12-33(14-19-6-4-3-5-7-19)15-22(18)32(2)24-21-10-13-34(26(21)31-17-29-24)25-20-8-11-27-23(20)28-16-30-25/h3-8,10-11,13,16-18,22H,9,12,14-15H2,1-2H3,(H,27,28,30)/t18-,22+/m1/s1. The van der Waals surface area contributed by atoms with Gasteiger partial charge in [0.2, 0.25) is 0 Å². The fourth-order valence-electron chi connectivity index (χ4n) is 5.20. The highest BCUT2D eigenvalue weighted by Crippen LogP contribution is 2.31. The van der Waals surface area contributed by atoms with Crippen LogP contribution in [-0.4, -0.2) is 60.6 Å². The van der Waals surface area contributed by atoms with Gasteiger partial charge in [0.25, 0.3) is 0 Å². The molecule has 5 aromatic rings. The van der Waals surface area contributed by atoms with Crippen molar-refractivity contribution >= 4 is 27.9 Å². The number of aromatic amines is 1. The smallest absolute Gasteiger partial charge is 0.151 e. The molecule has 4 aromatic heterocycles. The summed E-state index contributed by atoms with van der Waals surface area (Å²) >= 11 is 0. The van der Waals surface area contributed by atoms with Crippen LogP contribution in [0, 0.1) is 5.92 Å². The van der Waals surface area contributed by atoms with Crippen molar-refractivity contribution < 1.29 is 0 Å². The maximum absolute atomic E-state index is 4.73. The number of anilines is 1. The van der Waals surface area contributed by atoms with Crippen LogP contribution in [0.1, 0.15) is 18.9 Å². The van der Waals surface area contributed by atoms with Crippen LogP contribution in [0.5, 0.6) is 0 Å². The van der Waals surface area contributed by atoms with Gasteiger partial charge in [-0.1, -0.05) is 37.3 Å². The second kappa shape index (κ2) is 8.53. The highest BCUT2D eigenvalue weighted by molar-refractivity contribution is 5.91. The van der Waals surface area contributed by atoms with Crippen molar-refractivity contribution in [2.24, 2.45) is 5.92 Å². The summed E-state index contributed by atoms with van der Waals surface area (Å²) < 4.78 is 2.03. The van der Waals surface area contributed by atoms with Crippen molar-refractivity contribution in [2.45, 2.75) is 25.9 Å². The number of likely N-dealkylation sites (tertiary alicyclic amines) is 1. The largest absolute Gasteiger partial charge is 0.354 e. The van der Waals surface area contributed by atoms with E-state index in [1.807, 2.05) is 23.0 Å².